The third-order valence-electron chi connectivity index (χ3n) is 2.85. The zero-order valence-corrected chi connectivity index (χ0v) is 11.8. The highest BCUT2D eigenvalue weighted by Crippen LogP contribution is 2.24. The first-order chi connectivity index (χ1) is 9.83. The summed E-state index contributed by atoms with van der Waals surface area (Å²) in [7, 11) is 3.58. The fraction of sp³-hybridized carbons (Fsp3) is 0.188. The number of ether oxygens (including phenoxy) is 1. The fourth-order valence-corrected chi connectivity index (χ4v) is 1.82. The van der Waals surface area contributed by atoms with Gasteiger partial charge in [0.2, 0.25) is 0 Å². The molecule has 2 aromatic rings. The van der Waals surface area contributed by atoms with Crippen molar-refractivity contribution in [3.8, 4) is 11.5 Å². The average molecular weight is 269 g/mol. The van der Waals surface area contributed by atoms with Gasteiger partial charge in [-0.2, -0.15) is 0 Å². The van der Waals surface area contributed by atoms with Gasteiger partial charge in [-0.15, -0.1) is 0 Å². The quantitative estimate of drug-likeness (QED) is 0.662. The van der Waals surface area contributed by atoms with E-state index in [4.69, 9.17) is 4.74 Å². The van der Waals surface area contributed by atoms with Gasteiger partial charge in [0.25, 0.3) is 0 Å². The number of para-hydroxylation sites is 2. The molecule has 4 nitrogen and oxygen atoms in total. The van der Waals surface area contributed by atoms with Crippen molar-refractivity contribution in [3.05, 3.63) is 60.2 Å². The van der Waals surface area contributed by atoms with Gasteiger partial charge in [-0.1, -0.05) is 36.4 Å². The number of nitrogens with zero attached hydrogens (tertiary/aromatic N) is 1. The molecule has 0 aromatic heterocycles. The second-order valence-corrected chi connectivity index (χ2v) is 4.20. The van der Waals surface area contributed by atoms with Gasteiger partial charge in [0.1, 0.15) is 11.5 Å². The Hall–Kier alpha value is -2.49. The zero-order valence-electron chi connectivity index (χ0n) is 11.8. The lowest BCUT2D eigenvalue weighted by molar-refractivity contribution is 0.475. The Kier molecular flexibility index (Phi) is 5.00. The number of rotatable bonds is 4. The standard InChI is InChI=1S/C16H19N3O/c1-17-16(18-2)19-12-13-8-6-7-11-15(13)20-14-9-4-3-5-10-14/h3-11H,12H2,1-2H3,(H2,17,18,19). The van der Waals surface area contributed by atoms with Crippen LogP contribution < -0.4 is 15.4 Å². The first kappa shape index (κ1) is 13.9. The highest BCUT2D eigenvalue weighted by molar-refractivity contribution is 5.79. The number of guanidine groups is 1. The molecule has 0 atom stereocenters. The number of aliphatic imine (C=N–C) groups is 1. The second kappa shape index (κ2) is 7.19. The van der Waals surface area contributed by atoms with Crippen molar-refractivity contribution in [2.24, 2.45) is 4.99 Å². The van der Waals surface area contributed by atoms with Crippen LogP contribution in [0.25, 0.3) is 0 Å². The topological polar surface area (TPSA) is 45.7 Å². The second-order valence-electron chi connectivity index (χ2n) is 4.20. The third kappa shape index (κ3) is 3.75. The van der Waals surface area contributed by atoms with E-state index in [0.29, 0.717) is 6.54 Å². The summed E-state index contributed by atoms with van der Waals surface area (Å²) in [5.74, 6) is 2.43. The average Bonchev–Trinajstić information content (AvgIpc) is 2.51. The molecule has 0 spiro atoms. The van der Waals surface area contributed by atoms with Crippen LogP contribution in [0.5, 0.6) is 11.5 Å². The van der Waals surface area contributed by atoms with E-state index in [0.717, 1.165) is 23.0 Å². The van der Waals surface area contributed by atoms with E-state index < -0.39 is 0 Å². The van der Waals surface area contributed by atoms with Crippen LogP contribution in [-0.4, -0.2) is 20.1 Å². The summed E-state index contributed by atoms with van der Waals surface area (Å²) in [5.41, 5.74) is 1.08. The Labute approximate surface area is 119 Å². The summed E-state index contributed by atoms with van der Waals surface area (Å²) in [5, 5.41) is 6.21. The maximum Gasteiger partial charge on any atom is 0.190 e. The minimum Gasteiger partial charge on any atom is -0.457 e. The minimum absolute atomic E-state index is 0.649. The summed E-state index contributed by atoms with van der Waals surface area (Å²) >= 11 is 0. The van der Waals surface area contributed by atoms with E-state index in [1.807, 2.05) is 61.6 Å². The smallest absolute Gasteiger partial charge is 0.190 e. The Bertz CT molecular complexity index is 567. The van der Waals surface area contributed by atoms with E-state index in [-0.39, 0.29) is 0 Å². The maximum absolute atomic E-state index is 5.91. The fourth-order valence-electron chi connectivity index (χ4n) is 1.82. The molecule has 20 heavy (non-hydrogen) atoms. The molecule has 0 aliphatic heterocycles. The molecule has 0 bridgehead atoms. The van der Waals surface area contributed by atoms with Crippen LogP contribution in [-0.2, 0) is 6.54 Å². The summed E-state index contributed by atoms with van der Waals surface area (Å²) < 4.78 is 5.91. The van der Waals surface area contributed by atoms with Crippen LogP contribution in [0.3, 0.4) is 0 Å². The van der Waals surface area contributed by atoms with E-state index in [9.17, 15) is 0 Å². The summed E-state index contributed by atoms with van der Waals surface area (Å²) in [6.45, 7) is 0.649. The van der Waals surface area contributed by atoms with Gasteiger partial charge in [-0.3, -0.25) is 4.99 Å². The van der Waals surface area contributed by atoms with E-state index in [2.05, 4.69) is 15.6 Å². The lowest BCUT2D eigenvalue weighted by atomic mass is 10.2. The largest absolute Gasteiger partial charge is 0.457 e. The highest BCUT2D eigenvalue weighted by Gasteiger charge is 2.04. The highest BCUT2D eigenvalue weighted by atomic mass is 16.5. The Morgan fingerprint density at radius 2 is 1.75 bits per heavy atom. The lowest BCUT2D eigenvalue weighted by Crippen LogP contribution is -2.34. The Morgan fingerprint density at radius 1 is 1.05 bits per heavy atom. The summed E-state index contributed by atoms with van der Waals surface area (Å²) in [6, 6.07) is 17.7. The summed E-state index contributed by atoms with van der Waals surface area (Å²) in [4.78, 5) is 4.09. The van der Waals surface area contributed by atoms with Gasteiger partial charge in [0, 0.05) is 26.2 Å². The first-order valence-electron chi connectivity index (χ1n) is 6.52. The van der Waals surface area contributed by atoms with Crippen molar-refractivity contribution in [1.29, 1.82) is 0 Å². The normalized spacial score (nSPS) is 11.0. The maximum atomic E-state index is 5.91. The van der Waals surface area contributed by atoms with Gasteiger partial charge in [-0.05, 0) is 18.2 Å². The molecular weight excluding hydrogens is 250 g/mol. The SMILES string of the molecule is CN=C(NC)NCc1ccccc1Oc1ccccc1. The van der Waals surface area contributed by atoms with Crippen molar-refractivity contribution in [3.63, 3.8) is 0 Å². The molecule has 0 saturated carbocycles. The molecular formula is C16H19N3O. The minimum atomic E-state index is 0.649. The molecule has 0 heterocycles. The number of nitrogens with one attached hydrogen (secondary N) is 2. The van der Waals surface area contributed by atoms with Crippen LogP contribution in [0.4, 0.5) is 0 Å². The van der Waals surface area contributed by atoms with Crippen LogP contribution >= 0.6 is 0 Å². The molecule has 104 valence electrons. The van der Waals surface area contributed by atoms with Crippen molar-refractivity contribution < 1.29 is 4.74 Å². The van der Waals surface area contributed by atoms with Gasteiger partial charge in [-0.25, -0.2) is 0 Å². The van der Waals surface area contributed by atoms with Crippen LogP contribution in [0, 0.1) is 0 Å². The molecule has 0 unspecified atom stereocenters. The van der Waals surface area contributed by atoms with Gasteiger partial charge < -0.3 is 15.4 Å². The van der Waals surface area contributed by atoms with Gasteiger partial charge >= 0.3 is 0 Å². The van der Waals surface area contributed by atoms with Crippen LogP contribution in [0.15, 0.2) is 59.6 Å². The predicted octanol–water partition coefficient (Wildman–Crippen LogP) is 2.77. The number of hydrogen-bond donors (Lipinski definition) is 2. The molecule has 0 amide bonds. The molecule has 4 heteroatoms. The van der Waals surface area contributed by atoms with E-state index >= 15 is 0 Å². The molecule has 2 rings (SSSR count). The Balaban J connectivity index is 2.10. The molecule has 2 aromatic carbocycles. The van der Waals surface area contributed by atoms with Crippen molar-refractivity contribution >= 4 is 5.96 Å². The molecule has 0 radical (unpaired) electrons. The van der Waals surface area contributed by atoms with E-state index in [1.165, 1.54) is 0 Å². The molecule has 2 N–H and O–H groups in total. The van der Waals surface area contributed by atoms with Crippen molar-refractivity contribution in [2.45, 2.75) is 6.54 Å². The predicted molar refractivity (Wildman–Crippen MR) is 82.2 cm³/mol. The van der Waals surface area contributed by atoms with E-state index in [1.54, 1.807) is 7.05 Å². The van der Waals surface area contributed by atoms with Gasteiger partial charge in [0.05, 0.1) is 0 Å². The zero-order chi connectivity index (χ0) is 14.2. The van der Waals surface area contributed by atoms with Crippen LogP contribution in [0.1, 0.15) is 5.56 Å². The van der Waals surface area contributed by atoms with Crippen molar-refractivity contribution in [1.82, 2.24) is 10.6 Å². The Morgan fingerprint density at radius 3 is 2.45 bits per heavy atom. The summed E-state index contributed by atoms with van der Waals surface area (Å²) in [6.07, 6.45) is 0. The van der Waals surface area contributed by atoms with Crippen LogP contribution in [0.2, 0.25) is 0 Å². The first-order valence-corrected chi connectivity index (χ1v) is 6.52. The number of hydrogen-bond acceptors (Lipinski definition) is 2. The third-order valence-corrected chi connectivity index (χ3v) is 2.85. The lowest BCUT2D eigenvalue weighted by Gasteiger charge is -2.13. The molecule has 0 aliphatic carbocycles. The number of benzene rings is 2. The monoisotopic (exact) mass is 269 g/mol. The molecule has 0 fully saturated rings. The van der Waals surface area contributed by atoms with Gasteiger partial charge in [0.15, 0.2) is 5.96 Å². The van der Waals surface area contributed by atoms with Crippen molar-refractivity contribution in [2.75, 3.05) is 14.1 Å². The molecule has 0 saturated heterocycles. The molecule has 0 aliphatic rings.